The minimum Gasteiger partial charge on any atom is -0.332 e. The van der Waals surface area contributed by atoms with E-state index >= 15 is 0 Å². The van der Waals surface area contributed by atoms with E-state index in [2.05, 4.69) is 0 Å². The van der Waals surface area contributed by atoms with Gasteiger partial charge in [0.2, 0.25) is 5.91 Å². The molecule has 0 aromatic heterocycles. The van der Waals surface area contributed by atoms with Gasteiger partial charge in [-0.05, 0) is 13.8 Å². The van der Waals surface area contributed by atoms with Crippen LogP contribution in [0.3, 0.4) is 0 Å². The number of nitrogens with zero attached hydrogens (tertiary/aromatic N) is 3. The topological polar surface area (TPSA) is 67.7 Å². The van der Waals surface area contributed by atoms with Crippen LogP contribution >= 0.6 is 11.8 Å². The van der Waals surface area contributed by atoms with Crippen LogP contribution in [0.4, 0.5) is 4.79 Å². The van der Waals surface area contributed by atoms with Gasteiger partial charge in [-0.2, -0.15) is 0 Å². The van der Waals surface area contributed by atoms with Gasteiger partial charge in [-0.1, -0.05) is 11.8 Å². The first-order valence-corrected chi connectivity index (χ1v) is 6.50. The monoisotopic (exact) mass is 256 g/mol. The molecule has 7 heteroatoms. The van der Waals surface area contributed by atoms with Crippen molar-refractivity contribution in [2.45, 2.75) is 25.3 Å². The summed E-state index contributed by atoms with van der Waals surface area (Å²) in [7, 11) is 1.75. The van der Waals surface area contributed by atoms with E-state index < -0.39 is 0 Å². The fraction of sp³-hybridized carbons (Fsp3) is 0.700. The summed E-state index contributed by atoms with van der Waals surface area (Å²) < 4.78 is 0. The van der Waals surface area contributed by atoms with E-state index in [1.807, 2.05) is 6.92 Å². The lowest BCUT2D eigenvalue weighted by Gasteiger charge is -2.42. The fourth-order valence-electron chi connectivity index (χ4n) is 2.27. The van der Waals surface area contributed by atoms with Crippen molar-refractivity contribution in [1.29, 1.82) is 5.41 Å². The van der Waals surface area contributed by atoms with E-state index in [9.17, 15) is 9.59 Å². The summed E-state index contributed by atoms with van der Waals surface area (Å²) in [6.07, 6.45) is -0.305. The van der Waals surface area contributed by atoms with Crippen LogP contribution < -0.4 is 0 Å². The Morgan fingerprint density at radius 3 is 2.47 bits per heavy atom. The highest BCUT2D eigenvalue weighted by Crippen LogP contribution is 2.36. The second-order valence-electron chi connectivity index (χ2n) is 4.02. The number of hydrogen-bond donors (Lipinski definition) is 1. The van der Waals surface area contributed by atoms with E-state index in [4.69, 9.17) is 5.41 Å². The molecule has 2 unspecified atom stereocenters. The maximum absolute atomic E-state index is 12.1. The molecule has 2 fully saturated rings. The lowest BCUT2D eigenvalue weighted by molar-refractivity contribution is -0.132. The molecule has 0 aromatic rings. The predicted molar refractivity (Wildman–Crippen MR) is 65.8 cm³/mol. The highest BCUT2D eigenvalue weighted by molar-refractivity contribution is 8.15. The largest absolute Gasteiger partial charge is 0.332 e. The summed E-state index contributed by atoms with van der Waals surface area (Å²) in [5, 5.41) is 7.76. The van der Waals surface area contributed by atoms with Gasteiger partial charge < -0.3 is 9.80 Å². The first kappa shape index (κ1) is 12.2. The van der Waals surface area contributed by atoms with Gasteiger partial charge in [0.1, 0.15) is 11.4 Å². The average molecular weight is 256 g/mol. The standard InChI is InChI=1S/C10H16N4O2S/c1-4-13-7-6(17-9(11)12(7)3)8(15)14(5-2)10(13)16/h6-7,11H,4-5H2,1-3H3. The molecule has 94 valence electrons. The van der Waals surface area contributed by atoms with Gasteiger partial charge in [0.25, 0.3) is 0 Å². The number of amidine groups is 1. The van der Waals surface area contributed by atoms with Crippen molar-refractivity contribution in [3.8, 4) is 0 Å². The summed E-state index contributed by atoms with van der Waals surface area (Å²) in [5.74, 6) is -0.175. The summed E-state index contributed by atoms with van der Waals surface area (Å²) in [6, 6.07) is -0.247. The molecule has 0 bridgehead atoms. The molecule has 0 aromatic carbocycles. The summed E-state index contributed by atoms with van der Waals surface area (Å²) >= 11 is 1.23. The van der Waals surface area contributed by atoms with Crippen LogP contribution in [0.2, 0.25) is 0 Å². The number of hydrogen-bond acceptors (Lipinski definition) is 4. The Morgan fingerprint density at radius 1 is 1.29 bits per heavy atom. The summed E-state index contributed by atoms with van der Waals surface area (Å²) in [4.78, 5) is 28.9. The quantitative estimate of drug-likeness (QED) is 0.785. The Kier molecular flexibility index (Phi) is 3.03. The molecule has 0 spiro atoms. The third-order valence-electron chi connectivity index (χ3n) is 3.19. The van der Waals surface area contributed by atoms with Gasteiger partial charge in [-0.3, -0.25) is 15.1 Å². The average Bonchev–Trinajstić information content (AvgIpc) is 2.59. The zero-order chi connectivity index (χ0) is 12.7. The van der Waals surface area contributed by atoms with Crippen molar-refractivity contribution >= 4 is 28.9 Å². The Morgan fingerprint density at radius 2 is 1.94 bits per heavy atom. The summed E-state index contributed by atoms with van der Waals surface area (Å²) in [5.41, 5.74) is 0. The highest BCUT2D eigenvalue weighted by atomic mass is 32.2. The number of rotatable bonds is 2. The van der Waals surface area contributed by atoms with Crippen LogP contribution in [0.5, 0.6) is 0 Å². The van der Waals surface area contributed by atoms with Gasteiger partial charge >= 0.3 is 6.03 Å². The maximum atomic E-state index is 12.1. The number of imide groups is 1. The molecule has 2 aliphatic rings. The van der Waals surface area contributed by atoms with Crippen molar-refractivity contribution in [3.63, 3.8) is 0 Å². The molecule has 0 aliphatic carbocycles. The van der Waals surface area contributed by atoms with Crippen molar-refractivity contribution in [2.75, 3.05) is 20.1 Å². The van der Waals surface area contributed by atoms with Crippen molar-refractivity contribution in [2.24, 2.45) is 0 Å². The van der Waals surface area contributed by atoms with E-state index in [0.717, 1.165) is 0 Å². The van der Waals surface area contributed by atoms with Crippen molar-refractivity contribution < 1.29 is 9.59 Å². The van der Waals surface area contributed by atoms with Crippen LogP contribution in [0.25, 0.3) is 0 Å². The van der Waals surface area contributed by atoms with Gasteiger partial charge in [0, 0.05) is 20.1 Å². The number of carbonyl (C=O) groups is 2. The number of fused-ring (bicyclic) bond motifs is 1. The van der Waals surface area contributed by atoms with Crippen molar-refractivity contribution in [1.82, 2.24) is 14.7 Å². The second kappa shape index (κ2) is 4.21. The second-order valence-corrected chi connectivity index (χ2v) is 5.15. The zero-order valence-electron chi connectivity index (χ0n) is 10.1. The number of urea groups is 1. The van der Waals surface area contributed by atoms with Crippen molar-refractivity contribution in [3.05, 3.63) is 0 Å². The molecule has 2 rings (SSSR count). The molecule has 2 heterocycles. The Hall–Kier alpha value is -1.24. The molecule has 0 radical (unpaired) electrons. The first-order chi connectivity index (χ1) is 8.02. The van der Waals surface area contributed by atoms with Gasteiger partial charge in [0.05, 0.1) is 0 Å². The van der Waals surface area contributed by atoms with Crippen LogP contribution in [0.1, 0.15) is 13.8 Å². The Labute approximate surface area is 104 Å². The maximum Gasteiger partial charge on any atom is 0.328 e. The molecule has 6 nitrogen and oxygen atoms in total. The molecule has 17 heavy (non-hydrogen) atoms. The van der Waals surface area contributed by atoms with E-state index in [0.29, 0.717) is 18.3 Å². The smallest absolute Gasteiger partial charge is 0.328 e. The lowest BCUT2D eigenvalue weighted by Crippen LogP contribution is -2.64. The van der Waals surface area contributed by atoms with E-state index in [-0.39, 0.29) is 23.4 Å². The van der Waals surface area contributed by atoms with Gasteiger partial charge in [0.15, 0.2) is 5.17 Å². The first-order valence-electron chi connectivity index (χ1n) is 5.62. The molecule has 3 amide bonds. The third-order valence-corrected chi connectivity index (χ3v) is 4.40. The van der Waals surface area contributed by atoms with Gasteiger partial charge in [-0.15, -0.1) is 0 Å². The minimum absolute atomic E-state index is 0.175. The highest BCUT2D eigenvalue weighted by Gasteiger charge is 2.52. The molecule has 1 N–H and O–H groups in total. The normalized spacial score (nSPS) is 29.1. The molecule has 2 saturated heterocycles. The SMILES string of the molecule is CCN1C(=O)C2SC(=N)N(C)C2N(CC)C1=O. The fourth-order valence-corrected chi connectivity index (χ4v) is 3.46. The Bertz CT molecular complexity index is 387. The summed E-state index contributed by atoms with van der Waals surface area (Å²) in [6.45, 7) is 4.61. The molecule has 2 atom stereocenters. The molecule has 2 aliphatic heterocycles. The molecule has 0 saturated carbocycles. The van der Waals surface area contributed by atoms with Crippen LogP contribution in [-0.2, 0) is 4.79 Å². The number of carbonyl (C=O) groups excluding carboxylic acids is 2. The zero-order valence-corrected chi connectivity index (χ0v) is 11.0. The van der Waals surface area contributed by atoms with E-state index in [1.54, 1.807) is 23.8 Å². The molecular formula is C10H16N4O2S. The number of nitrogens with one attached hydrogen (secondary N) is 1. The predicted octanol–water partition coefficient (Wildman–Crippen LogP) is 0.598. The number of amides is 3. The lowest BCUT2D eigenvalue weighted by atomic mass is 10.2. The van der Waals surface area contributed by atoms with Gasteiger partial charge in [-0.25, -0.2) is 4.79 Å². The minimum atomic E-state index is -0.356. The van der Waals surface area contributed by atoms with Crippen LogP contribution in [-0.4, -0.2) is 63.4 Å². The van der Waals surface area contributed by atoms with Crippen LogP contribution in [0, 0.1) is 5.41 Å². The number of thioether (sulfide) groups is 1. The third kappa shape index (κ3) is 1.60. The Balaban J connectivity index is 2.38. The van der Waals surface area contributed by atoms with Crippen LogP contribution in [0.15, 0.2) is 0 Å². The van der Waals surface area contributed by atoms with E-state index in [1.165, 1.54) is 16.7 Å². The molecular weight excluding hydrogens is 240 g/mol.